The summed E-state index contributed by atoms with van der Waals surface area (Å²) < 4.78 is 0.729. The van der Waals surface area contributed by atoms with Gasteiger partial charge >= 0.3 is 0 Å². The second kappa shape index (κ2) is 8.45. The number of aromatic amines is 1. The number of carbonyl (C=O) groups excluding carboxylic acids is 3. The molecule has 0 bridgehead atoms. The van der Waals surface area contributed by atoms with Gasteiger partial charge < -0.3 is 9.88 Å². The minimum Gasteiger partial charge on any atom is -0.356 e. The standard InChI is InChI=1S/C21H19BrN4O3S/c1-12-4-6-14(7-5-12)26-18(27)10-15(19(26)17-3-2-8-30-17)20(28)24-25-21(29)16-9-13(22)11-23-16/h2-9,11,15,19,23H,10H2,1H3,(H,24,28)(H,25,29). The first-order valence-electron chi connectivity index (χ1n) is 9.30. The average Bonchev–Trinajstić information content (AvgIpc) is 3.46. The summed E-state index contributed by atoms with van der Waals surface area (Å²) in [7, 11) is 0. The maximum absolute atomic E-state index is 12.9. The van der Waals surface area contributed by atoms with E-state index in [1.165, 1.54) is 11.3 Å². The Balaban J connectivity index is 1.55. The summed E-state index contributed by atoms with van der Waals surface area (Å²) in [4.78, 5) is 43.5. The molecule has 4 rings (SSSR count). The fraction of sp³-hybridized carbons (Fsp3) is 0.190. The van der Waals surface area contributed by atoms with Crippen LogP contribution in [0.4, 0.5) is 5.69 Å². The number of hydrogen-bond donors (Lipinski definition) is 3. The number of aromatic nitrogens is 1. The highest BCUT2D eigenvalue weighted by Crippen LogP contribution is 2.43. The lowest BCUT2D eigenvalue weighted by Crippen LogP contribution is -2.45. The van der Waals surface area contributed by atoms with Crippen LogP contribution >= 0.6 is 27.3 Å². The van der Waals surface area contributed by atoms with Gasteiger partial charge in [-0.3, -0.25) is 25.2 Å². The predicted molar refractivity (Wildman–Crippen MR) is 118 cm³/mol. The van der Waals surface area contributed by atoms with Gasteiger partial charge in [0, 0.05) is 27.7 Å². The van der Waals surface area contributed by atoms with Crippen LogP contribution in [0.3, 0.4) is 0 Å². The number of halogens is 1. The van der Waals surface area contributed by atoms with E-state index in [9.17, 15) is 14.4 Å². The third-order valence-corrected chi connectivity index (χ3v) is 6.40. The summed E-state index contributed by atoms with van der Waals surface area (Å²) >= 11 is 4.76. The van der Waals surface area contributed by atoms with Crippen LogP contribution in [0.2, 0.25) is 0 Å². The molecule has 1 aliphatic heterocycles. The first-order chi connectivity index (χ1) is 14.4. The first-order valence-corrected chi connectivity index (χ1v) is 11.0. The number of aryl methyl sites for hydroxylation is 1. The highest BCUT2D eigenvalue weighted by Gasteiger charge is 2.45. The Labute approximate surface area is 185 Å². The van der Waals surface area contributed by atoms with Crippen molar-refractivity contribution in [1.29, 1.82) is 0 Å². The number of anilines is 1. The average molecular weight is 487 g/mol. The minimum atomic E-state index is -0.631. The molecule has 30 heavy (non-hydrogen) atoms. The second-order valence-electron chi connectivity index (χ2n) is 7.05. The maximum Gasteiger partial charge on any atom is 0.286 e. The van der Waals surface area contributed by atoms with Crippen molar-refractivity contribution in [3.8, 4) is 0 Å². The van der Waals surface area contributed by atoms with Gasteiger partial charge in [-0.1, -0.05) is 23.8 Å². The molecule has 154 valence electrons. The van der Waals surface area contributed by atoms with Crippen LogP contribution in [-0.2, 0) is 9.59 Å². The third-order valence-electron chi connectivity index (χ3n) is 5.00. The van der Waals surface area contributed by atoms with Crippen LogP contribution in [0.5, 0.6) is 0 Å². The molecule has 3 N–H and O–H groups in total. The largest absolute Gasteiger partial charge is 0.356 e. The molecule has 1 fully saturated rings. The third kappa shape index (κ3) is 4.03. The monoisotopic (exact) mass is 486 g/mol. The number of hydrazine groups is 1. The number of nitrogens with zero attached hydrogens (tertiary/aromatic N) is 1. The number of rotatable bonds is 4. The Morgan fingerprint density at radius 2 is 1.97 bits per heavy atom. The van der Waals surface area contributed by atoms with Crippen LogP contribution in [-0.4, -0.2) is 22.7 Å². The van der Waals surface area contributed by atoms with Gasteiger partial charge in [-0.15, -0.1) is 11.3 Å². The molecule has 3 aromatic rings. The molecule has 1 saturated heterocycles. The molecule has 9 heteroatoms. The molecule has 0 spiro atoms. The molecule has 2 atom stereocenters. The van der Waals surface area contributed by atoms with Gasteiger partial charge in [0.15, 0.2) is 0 Å². The van der Waals surface area contributed by atoms with Gasteiger partial charge in [0.1, 0.15) is 5.69 Å². The Hall–Kier alpha value is -2.91. The smallest absolute Gasteiger partial charge is 0.286 e. The Kier molecular flexibility index (Phi) is 5.74. The van der Waals surface area contributed by atoms with E-state index in [1.54, 1.807) is 17.2 Å². The minimum absolute atomic E-state index is 0.0617. The van der Waals surface area contributed by atoms with Crippen molar-refractivity contribution in [2.75, 3.05) is 4.90 Å². The summed E-state index contributed by atoms with van der Waals surface area (Å²) in [5.41, 5.74) is 7.04. The Bertz CT molecular complexity index is 1080. The van der Waals surface area contributed by atoms with E-state index >= 15 is 0 Å². The van der Waals surface area contributed by atoms with E-state index < -0.39 is 23.8 Å². The molecule has 0 radical (unpaired) electrons. The van der Waals surface area contributed by atoms with Gasteiger partial charge in [-0.25, -0.2) is 0 Å². The lowest BCUT2D eigenvalue weighted by Gasteiger charge is -2.27. The van der Waals surface area contributed by atoms with Crippen molar-refractivity contribution in [2.24, 2.45) is 5.92 Å². The zero-order valence-electron chi connectivity index (χ0n) is 16.0. The van der Waals surface area contributed by atoms with E-state index in [0.29, 0.717) is 5.69 Å². The first kappa shape index (κ1) is 20.4. The lowest BCUT2D eigenvalue weighted by molar-refractivity contribution is -0.127. The second-order valence-corrected chi connectivity index (χ2v) is 8.94. The SMILES string of the molecule is Cc1ccc(N2C(=O)CC(C(=O)NNC(=O)c3cc(Br)c[nH]3)C2c2cccs2)cc1. The molecule has 0 saturated carbocycles. The summed E-state index contributed by atoms with van der Waals surface area (Å²) in [5.74, 6) is -1.64. The van der Waals surface area contributed by atoms with E-state index in [4.69, 9.17) is 0 Å². The van der Waals surface area contributed by atoms with Crippen molar-refractivity contribution in [3.05, 3.63) is 74.6 Å². The fourth-order valence-electron chi connectivity index (χ4n) is 3.54. The quantitative estimate of drug-likeness (QED) is 0.490. The summed E-state index contributed by atoms with van der Waals surface area (Å²) in [5, 5.41) is 1.92. The number of amides is 3. The Morgan fingerprint density at radius 1 is 1.20 bits per heavy atom. The van der Waals surface area contributed by atoms with Crippen molar-refractivity contribution in [2.45, 2.75) is 19.4 Å². The van der Waals surface area contributed by atoms with E-state index in [2.05, 4.69) is 31.8 Å². The molecule has 3 amide bonds. The van der Waals surface area contributed by atoms with Crippen LogP contribution in [0, 0.1) is 12.8 Å². The van der Waals surface area contributed by atoms with E-state index in [-0.39, 0.29) is 12.3 Å². The van der Waals surface area contributed by atoms with Crippen LogP contribution in [0.25, 0.3) is 0 Å². The number of hydrogen-bond acceptors (Lipinski definition) is 4. The zero-order valence-corrected chi connectivity index (χ0v) is 18.4. The number of thiophene rings is 1. The van der Waals surface area contributed by atoms with Crippen LogP contribution in [0.1, 0.15) is 33.4 Å². The van der Waals surface area contributed by atoms with Crippen LogP contribution in [0.15, 0.2) is 58.5 Å². The number of carbonyl (C=O) groups is 3. The zero-order chi connectivity index (χ0) is 21.3. The summed E-state index contributed by atoms with van der Waals surface area (Å²) in [6.07, 6.45) is 1.69. The molecule has 2 aromatic heterocycles. The van der Waals surface area contributed by atoms with Crippen molar-refractivity contribution in [3.63, 3.8) is 0 Å². The fourth-order valence-corrected chi connectivity index (χ4v) is 4.77. The topological polar surface area (TPSA) is 94.3 Å². The van der Waals surface area contributed by atoms with Gasteiger partial charge in [0.2, 0.25) is 11.8 Å². The molecule has 3 heterocycles. The number of nitrogens with one attached hydrogen (secondary N) is 3. The van der Waals surface area contributed by atoms with Crippen LogP contribution < -0.4 is 15.8 Å². The molecule has 0 aliphatic carbocycles. The van der Waals surface area contributed by atoms with Crippen molar-refractivity contribution >= 4 is 50.7 Å². The number of H-pyrrole nitrogens is 1. The predicted octanol–water partition coefficient (Wildman–Crippen LogP) is 3.70. The molecular weight excluding hydrogens is 468 g/mol. The van der Waals surface area contributed by atoms with E-state index in [1.807, 2.05) is 48.7 Å². The summed E-state index contributed by atoms with van der Waals surface area (Å²) in [6.45, 7) is 1.98. The normalized spacial score (nSPS) is 18.5. The molecule has 1 aliphatic rings. The number of benzene rings is 1. The van der Waals surface area contributed by atoms with Crippen molar-refractivity contribution < 1.29 is 14.4 Å². The summed E-state index contributed by atoms with van der Waals surface area (Å²) in [6, 6.07) is 12.6. The highest BCUT2D eigenvalue weighted by atomic mass is 79.9. The van der Waals surface area contributed by atoms with Crippen molar-refractivity contribution in [1.82, 2.24) is 15.8 Å². The Morgan fingerprint density at radius 3 is 2.60 bits per heavy atom. The van der Waals surface area contributed by atoms with Gasteiger partial charge in [0.05, 0.1) is 12.0 Å². The maximum atomic E-state index is 12.9. The van der Waals surface area contributed by atoms with Gasteiger partial charge in [0.25, 0.3) is 5.91 Å². The lowest BCUT2D eigenvalue weighted by atomic mass is 9.98. The molecular formula is C21H19BrN4O3S. The van der Waals surface area contributed by atoms with Gasteiger partial charge in [-0.05, 0) is 52.5 Å². The highest BCUT2D eigenvalue weighted by molar-refractivity contribution is 9.10. The molecule has 2 unspecified atom stereocenters. The van der Waals surface area contributed by atoms with Gasteiger partial charge in [-0.2, -0.15) is 0 Å². The van der Waals surface area contributed by atoms with E-state index in [0.717, 1.165) is 20.6 Å². The molecule has 1 aromatic carbocycles. The molecule has 7 nitrogen and oxygen atoms in total.